The molecule has 1 aromatic rings. The summed E-state index contributed by atoms with van der Waals surface area (Å²) in [7, 11) is -2.98. The van der Waals surface area contributed by atoms with Crippen molar-refractivity contribution >= 4 is 27.5 Å². The molecule has 2 aliphatic rings. The predicted molar refractivity (Wildman–Crippen MR) is 86.0 cm³/mol. The smallest absolute Gasteiger partial charge is 0.277 e. The third kappa shape index (κ3) is 4.26. The standard InChI is InChI=1S/C14H21N3O4S2/c1-10-3-2-5-17(7-10)12(18)8-22-14-16-15-13(21-14)11-4-6-23(19,20)9-11/h10-11H,2-9H2,1H3/t10-,11-/m1/s1. The number of rotatable bonds is 4. The molecule has 1 aromatic heterocycles. The molecule has 2 aliphatic heterocycles. The largest absolute Gasteiger partial charge is 0.416 e. The lowest BCUT2D eigenvalue weighted by atomic mass is 10.0. The van der Waals surface area contributed by atoms with Gasteiger partial charge in [0.15, 0.2) is 9.84 Å². The number of hydrogen-bond acceptors (Lipinski definition) is 7. The van der Waals surface area contributed by atoms with E-state index >= 15 is 0 Å². The summed E-state index contributed by atoms with van der Waals surface area (Å²) >= 11 is 1.22. The van der Waals surface area contributed by atoms with Crippen LogP contribution in [0.15, 0.2) is 9.64 Å². The first kappa shape index (κ1) is 16.8. The Bertz CT molecular complexity index is 673. The van der Waals surface area contributed by atoms with Crippen molar-refractivity contribution in [3.63, 3.8) is 0 Å². The highest BCUT2D eigenvalue weighted by Gasteiger charge is 2.33. The Morgan fingerprint density at radius 2 is 2.22 bits per heavy atom. The first-order chi connectivity index (χ1) is 10.9. The molecule has 0 unspecified atom stereocenters. The fraction of sp³-hybridized carbons (Fsp3) is 0.786. The van der Waals surface area contributed by atoms with Crippen molar-refractivity contribution < 1.29 is 17.6 Å². The molecule has 0 saturated carbocycles. The Hall–Kier alpha value is -1.09. The van der Waals surface area contributed by atoms with Crippen LogP contribution in [0, 0.1) is 5.92 Å². The van der Waals surface area contributed by atoms with Gasteiger partial charge in [0, 0.05) is 13.1 Å². The van der Waals surface area contributed by atoms with Gasteiger partial charge < -0.3 is 9.32 Å². The first-order valence-electron chi connectivity index (χ1n) is 7.87. The van der Waals surface area contributed by atoms with Crippen LogP contribution in [0.5, 0.6) is 0 Å². The Morgan fingerprint density at radius 3 is 2.91 bits per heavy atom. The molecule has 3 rings (SSSR count). The van der Waals surface area contributed by atoms with Gasteiger partial charge in [-0.25, -0.2) is 8.42 Å². The number of piperidine rings is 1. The second-order valence-corrected chi connectivity index (χ2v) is 9.54. The lowest BCUT2D eigenvalue weighted by Gasteiger charge is -2.30. The van der Waals surface area contributed by atoms with E-state index in [2.05, 4.69) is 17.1 Å². The van der Waals surface area contributed by atoms with Crippen molar-refractivity contribution in [2.75, 3.05) is 30.3 Å². The average molecular weight is 359 g/mol. The van der Waals surface area contributed by atoms with Crippen molar-refractivity contribution in [3.8, 4) is 0 Å². The maximum atomic E-state index is 12.2. The van der Waals surface area contributed by atoms with Crippen molar-refractivity contribution in [2.24, 2.45) is 5.92 Å². The van der Waals surface area contributed by atoms with E-state index < -0.39 is 9.84 Å². The SMILES string of the molecule is C[C@@H]1CCCN(C(=O)CSc2nnc([C@@H]3CCS(=O)(=O)C3)o2)C1. The molecule has 0 bridgehead atoms. The van der Waals surface area contributed by atoms with Crippen molar-refractivity contribution in [3.05, 3.63) is 5.89 Å². The molecule has 0 N–H and O–H groups in total. The zero-order chi connectivity index (χ0) is 16.4. The van der Waals surface area contributed by atoms with Crippen LogP contribution in [0.4, 0.5) is 0 Å². The molecule has 0 aromatic carbocycles. The number of carbonyl (C=O) groups excluding carboxylic acids is 1. The third-order valence-corrected chi connectivity index (χ3v) is 6.90. The fourth-order valence-electron chi connectivity index (χ4n) is 3.06. The number of amides is 1. The minimum absolute atomic E-state index is 0.0733. The summed E-state index contributed by atoms with van der Waals surface area (Å²) in [6.07, 6.45) is 2.76. The molecule has 9 heteroatoms. The maximum Gasteiger partial charge on any atom is 0.277 e. The van der Waals surface area contributed by atoms with E-state index in [-0.39, 0.29) is 29.1 Å². The first-order valence-corrected chi connectivity index (χ1v) is 10.7. The van der Waals surface area contributed by atoms with Crippen LogP contribution in [0.2, 0.25) is 0 Å². The lowest BCUT2D eigenvalue weighted by Crippen LogP contribution is -2.40. The van der Waals surface area contributed by atoms with Crippen LogP contribution in [0.3, 0.4) is 0 Å². The van der Waals surface area contributed by atoms with Gasteiger partial charge in [0.05, 0.1) is 23.2 Å². The van der Waals surface area contributed by atoms with Gasteiger partial charge in [-0.3, -0.25) is 4.79 Å². The van der Waals surface area contributed by atoms with Crippen LogP contribution in [0.25, 0.3) is 0 Å². The number of thioether (sulfide) groups is 1. The van der Waals surface area contributed by atoms with Gasteiger partial charge in [-0.1, -0.05) is 18.7 Å². The van der Waals surface area contributed by atoms with Crippen LogP contribution in [-0.2, 0) is 14.6 Å². The highest BCUT2D eigenvalue weighted by atomic mass is 32.2. The monoisotopic (exact) mass is 359 g/mol. The van der Waals surface area contributed by atoms with Crippen molar-refractivity contribution in [2.45, 2.75) is 37.3 Å². The van der Waals surface area contributed by atoms with Crippen molar-refractivity contribution in [1.29, 1.82) is 0 Å². The van der Waals surface area contributed by atoms with Crippen molar-refractivity contribution in [1.82, 2.24) is 15.1 Å². The minimum atomic E-state index is -2.98. The summed E-state index contributed by atoms with van der Waals surface area (Å²) in [5.41, 5.74) is 0. The van der Waals surface area contributed by atoms with Gasteiger partial charge in [-0.15, -0.1) is 10.2 Å². The zero-order valence-corrected chi connectivity index (χ0v) is 14.7. The van der Waals surface area contributed by atoms with Gasteiger partial charge in [0.1, 0.15) is 0 Å². The molecule has 0 radical (unpaired) electrons. The predicted octanol–water partition coefficient (Wildman–Crippen LogP) is 1.32. The number of likely N-dealkylation sites (tertiary alicyclic amines) is 1. The van der Waals surface area contributed by atoms with Gasteiger partial charge >= 0.3 is 0 Å². The van der Waals surface area contributed by atoms with Crippen LogP contribution in [0.1, 0.15) is 38.0 Å². The number of sulfone groups is 1. The summed E-state index contributed by atoms with van der Waals surface area (Å²) in [4.78, 5) is 14.1. The summed E-state index contributed by atoms with van der Waals surface area (Å²) in [6, 6.07) is 0. The summed E-state index contributed by atoms with van der Waals surface area (Å²) < 4.78 is 28.5. The normalized spacial score (nSPS) is 27.3. The Morgan fingerprint density at radius 1 is 1.39 bits per heavy atom. The number of carbonyl (C=O) groups is 1. The van der Waals surface area contributed by atoms with E-state index in [1.807, 2.05) is 4.90 Å². The lowest BCUT2D eigenvalue weighted by molar-refractivity contribution is -0.130. The second kappa shape index (κ2) is 6.80. The van der Waals surface area contributed by atoms with Gasteiger partial charge in [0.25, 0.3) is 5.22 Å². The van der Waals surface area contributed by atoms with E-state index in [1.165, 1.54) is 18.2 Å². The zero-order valence-electron chi connectivity index (χ0n) is 13.1. The van der Waals surface area contributed by atoms with E-state index in [0.29, 0.717) is 23.5 Å². The molecular weight excluding hydrogens is 338 g/mol. The molecule has 2 atom stereocenters. The molecule has 1 amide bonds. The molecule has 7 nitrogen and oxygen atoms in total. The van der Waals surface area contributed by atoms with E-state index in [0.717, 1.165) is 19.5 Å². The molecular formula is C14H21N3O4S2. The van der Waals surface area contributed by atoms with E-state index in [1.54, 1.807) is 0 Å². The summed E-state index contributed by atoms with van der Waals surface area (Å²) in [5, 5.41) is 8.20. The second-order valence-electron chi connectivity index (χ2n) is 6.38. The Kier molecular flexibility index (Phi) is 4.96. The van der Waals surface area contributed by atoms with Crippen LogP contribution >= 0.6 is 11.8 Å². The average Bonchev–Trinajstić information content (AvgIpc) is 3.11. The van der Waals surface area contributed by atoms with E-state index in [4.69, 9.17) is 4.42 Å². The molecule has 2 fully saturated rings. The highest BCUT2D eigenvalue weighted by molar-refractivity contribution is 7.99. The highest BCUT2D eigenvalue weighted by Crippen LogP contribution is 2.29. The molecule has 0 spiro atoms. The maximum absolute atomic E-state index is 12.2. The van der Waals surface area contributed by atoms with Crippen LogP contribution in [-0.4, -0.2) is 59.8 Å². The van der Waals surface area contributed by atoms with Gasteiger partial charge in [-0.05, 0) is 25.2 Å². The molecule has 128 valence electrons. The van der Waals surface area contributed by atoms with E-state index in [9.17, 15) is 13.2 Å². The Balaban J connectivity index is 1.52. The molecule has 3 heterocycles. The molecule has 2 saturated heterocycles. The van der Waals surface area contributed by atoms with Gasteiger partial charge in [-0.2, -0.15) is 0 Å². The van der Waals surface area contributed by atoms with Crippen LogP contribution < -0.4 is 0 Å². The quantitative estimate of drug-likeness (QED) is 0.748. The summed E-state index contributed by atoms with van der Waals surface area (Å²) in [5.74, 6) is 1.32. The number of aromatic nitrogens is 2. The third-order valence-electron chi connectivity index (χ3n) is 4.33. The fourth-order valence-corrected chi connectivity index (χ4v) is 5.47. The molecule has 23 heavy (non-hydrogen) atoms. The van der Waals surface area contributed by atoms with Gasteiger partial charge in [0.2, 0.25) is 11.8 Å². The topological polar surface area (TPSA) is 93.4 Å². The summed E-state index contributed by atoms with van der Waals surface area (Å²) in [6.45, 7) is 3.79. The number of hydrogen-bond donors (Lipinski definition) is 0. The minimum Gasteiger partial charge on any atom is -0.416 e. The Labute approximate surface area is 140 Å². The number of nitrogens with zero attached hydrogens (tertiary/aromatic N) is 3. The molecule has 0 aliphatic carbocycles.